The second-order valence-electron chi connectivity index (χ2n) is 3.50. The second-order valence-corrected chi connectivity index (χ2v) is 3.50. The first-order chi connectivity index (χ1) is 5.54. The Kier molecular flexibility index (Phi) is 2.28. The van der Waals surface area contributed by atoms with Crippen LogP contribution in [0.15, 0.2) is 12.3 Å². The van der Waals surface area contributed by atoms with Crippen molar-refractivity contribution in [2.45, 2.75) is 0 Å². The number of hydrogen-bond donors (Lipinski definition) is 1. The predicted molar refractivity (Wildman–Crippen MR) is 51.1 cm³/mol. The van der Waals surface area contributed by atoms with E-state index in [2.05, 4.69) is 36.4 Å². The maximum absolute atomic E-state index is 4.31. The van der Waals surface area contributed by atoms with Gasteiger partial charge in [0.05, 0.1) is 21.1 Å². The smallest absolute Gasteiger partial charge is 0.231 e. The first kappa shape index (κ1) is 8.93. The summed E-state index contributed by atoms with van der Waals surface area (Å²) < 4.78 is 0.706. The third-order valence-electron chi connectivity index (χ3n) is 1.55. The summed E-state index contributed by atoms with van der Waals surface area (Å²) in [5, 5.41) is 2.91. The van der Waals surface area contributed by atoms with Gasteiger partial charge in [0.25, 0.3) is 0 Å². The van der Waals surface area contributed by atoms with E-state index in [1.54, 1.807) is 6.20 Å². The quantitative estimate of drug-likeness (QED) is 0.659. The largest absolute Gasteiger partial charge is 0.357 e. The molecule has 1 aromatic heterocycles. The third kappa shape index (κ3) is 1.92. The number of anilines is 1. The molecule has 0 amide bonds. The molecule has 0 fully saturated rings. The van der Waals surface area contributed by atoms with E-state index in [-0.39, 0.29) is 0 Å². The van der Waals surface area contributed by atoms with E-state index in [0.29, 0.717) is 10.4 Å². The average molecular weight is 167 g/mol. The molecule has 0 aliphatic rings. The van der Waals surface area contributed by atoms with Gasteiger partial charge in [-0.2, -0.15) is 4.98 Å². The molecular weight excluding hydrogens is 152 g/mol. The van der Waals surface area contributed by atoms with E-state index >= 15 is 0 Å². The molecule has 0 atom stereocenters. The van der Waals surface area contributed by atoms with E-state index < -0.39 is 0 Å². The van der Waals surface area contributed by atoms with E-state index in [1.165, 1.54) is 0 Å². The SMILES string of the molecule is CNc1nccc([N+](C)(C)C)n1. The number of nitrogens with zero attached hydrogens (tertiary/aromatic N) is 3. The average Bonchev–Trinajstić information content (AvgIpc) is 2.03. The molecular formula is C8H15N4+. The highest BCUT2D eigenvalue weighted by Gasteiger charge is 2.13. The fourth-order valence-corrected chi connectivity index (χ4v) is 0.843. The fourth-order valence-electron chi connectivity index (χ4n) is 0.843. The van der Waals surface area contributed by atoms with E-state index in [1.807, 2.05) is 13.1 Å². The Morgan fingerprint density at radius 1 is 1.33 bits per heavy atom. The van der Waals surface area contributed by atoms with Gasteiger partial charge in [0.1, 0.15) is 0 Å². The van der Waals surface area contributed by atoms with Gasteiger partial charge in [0.2, 0.25) is 11.8 Å². The van der Waals surface area contributed by atoms with Crippen molar-refractivity contribution < 1.29 is 0 Å². The lowest BCUT2D eigenvalue weighted by Crippen LogP contribution is -2.35. The van der Waals surface area contributed by atoms with Crippen molar-refractivity contribution in [2.24, 2.45) is 0 Å². The number of quaternary nitrogens is 1. The van der Waals surface area contributed by atoms with Gasteiger partial charge in [-0.3, -0.25) is 4.48 Å². The fraction of sp³-hybridized carbons (Fsp3) is 0.500. The zero-order chi connectivity index (χ0) is 9.19. The molecule has 12 heavy (non-hydrogen) atoms. The zero-order valence-electron chi connectivity index (χ0n) is 8.00. The Labute approximate surface area is 72.9 Å². The van der Waals surface area contributed by atoms with Gasteiger partial charge in [0, 0.05) is 19.3 Å². The summed E-state index contributed by atoms with van der Waals surface area (Å²) in [6.07, 6.45) is 1.76. The summed E-state index contributed by atoms with van der Waals surface area (Å²) in [6.45, 7) is 0. The predicted octanol–water partition coefficient (Wildman–Crippen LogP) is 0.715. The van der Waals surface area contributed by atoms with Crippen LogP contribution in [0.3, 0.4) is 0 Å². The van der Waals surface area contributed by atoms with Crippen molar-refractivity contribution in [1.82, 2.24) is 14.5 Å². The molecule has 0 saturated carbocycles. The highest BCUT2D eigenvalue weighted by atomic mass is 15.3. The lowest BCUT2D eigenvalue weighted by molar-refractivity contribution is 0.473. The summed E-state index contributed by atoms with van der Waals surface area (Å²) >= 11 is 0. The zero-order valence-corrected chi connectivity index (χ0v) is 8.00. The minimum atomic E-state index is 0.667. The molecule has 4 heteroatoms. The van der Waals surface area contributed by atoms with Crippen LogP contribution in [-0.4, -0.2) is 38.2 Å². The van der Waals surface area contributed by atoms with Crippen LogP contribution in [0.25, 0.3) is 0 Å². The van der Waals surface area contributed by atoms with Crippen LogP contribution >= 0.6 is 0 Å². The van der Waals surface area contributed by atoms with E-state index in [9.17, 15) is 0 Å². The van der Waals surface area contributed by atoms with Gasteiger partial charge in [-0.15, -0.1) is 0 Å². The minimum absolute atomic E-state index is 0.667. The molecule has 0 aliphatic carbocycles. The van der Waals surface area contributed by atoms with Crippen molar-refractivity contribution in [3.05, 3.63) is 12.3 Å². The number of aromatic nitrogens is 2. The van der Waals surface area contributed by atoms with Gasteiger partial charge in [-0.1, -0.05) is 0 Å². The highest BCUT2D eigenvalue weighted by molar-refractivity contribution is 5.37. The number of rotatable bonds is 2. The standard InChI is InChI=1S/C8H15N4/c1-9-8-10-6-5-7(11-8)12(2,3)4/h5-6H,1-4H3,(H,9,10,11)/q+1. The maximum Gasteiger partial charge on any atom is 0.231 e. The van der Waals surface area contributed by atoms with Crippen molar-refractivity contribution in [3.63, 3.8) is 0 Å². The van der Waals surface area contributed by atoms with Crippen molar-refractivity contribution in [1.29, 1.82) is 0 Å². The molecule has 0 saturated heterocycles. The molecule has 66 valence electrons. The normalized spacial score (nSPS) is 11.3. The lowest BCUT2D eigenvalue weighted by Gasteiger charge is -2.21. The minimum Gasteiger partial charge on any atom is -0.357 e. The maximum atomic E-state index is 4.31. The summed E-state index contributed by atoms with van der Waals surface area (Å²) in [5.41, 5.74) is 0. The molecule has 0 radical (unpaired) electrons. The molecule has 4 nitrogen and oxygen atoms in total. The Morgan fingerprint density at radius 2 is 2.00 bits per heavy atom. The van der Waals surface area contributed by atoms with Gasteiger partial charge in [-0.25, -0.2) is 4.98 Å². The Balaban J connectivity index is 3.02. The molecule has 1 N–H and O–H groups in total. The topological polar surface area (TPSA) is 37.8 Å². The number of hydrogen-bond acceptors (Lipinski definition) is 3. The summed E-state index contributed by atoms with van der Waals surface area (Å²) in [6, 6.07) is 1.92. The highest BCUT2D eigenvalue weighted by Crippen LogP contribution is 2.13. The van der Waals surface area contributed by atoms with E-state index in [4.69, 9.17) is 0 Å². The summed E-state index contributed by atoms with van der Waals surface area (Å²) in [5.74, 6) is 1.66. The van der Waals surface area contributed by atoms with Gasteiger partial charge in [0.15, 0.2) is 0 Å². The van der Waals surface area contributed by atoms with Crippen molar-refractivity contribution >= 4 is 11.8 Å². The summed E-state index contributed by atoms with van der Waals surface area (Å²) in [4.78, 5) is 8.35. The number of nitrogens with one attached hydrogen (secondary N) is 1. The second kappa shape index (κ2) is 3.06. The van der Waals surface area contributed by atoms with Gasteiger partial charge >= 0.3 is 0 Å². The van der Waals surface area contributed by atoms with Crippen LogP contribution in [0.2, 0.25) is 0 Å². The Morgan fingerprint density at radius 3 is 2.50 bits per heavy atom. The van der Waals surface area contributed by atoms with Crippen LogP contribution < -0.4 is 9.80 Å². The molecule has 0 aliphatic heterocycles. The van der Waals surface area contributed by atoms with Crippen LogP contribution in [0.4, 0.5) is 11.8 Å². The van der Waals surface area contributed by atoms with Gasteiger partial charge < -0.3 is 5.32 Å². The molecule has 0 spiro atoms. The summed E-state index contributed by atoms with van der Waals surface area (Å²) in [7, 11) is 8.03. The first-order valence-corrected chi connectivity index (χ1v) is 3.87. The monoisotopic (exact) mass is 167 g/mol. The Bertz CT molecular complexity index is 264. The molecule has 1 heterocycles. The van der Waals surface area contributed by atoms with Gasteiger partial charge in [-0.05, 0) is 0 Å². The van der Waals surface area contributed by atoms with E-state index in [0.717, 1.165) is 5.82 Å². The van der Waals surface area contributed by atoms with Crippen molar-refractivity contribution in [3.8, 4) is 0 Å². The molecule has 0 bridgehead atoms. The molecule has 0 unspecified atom stereocenters. The first-order valence-electron chi connectivity index (χ1n) is 3.87. The molecule has 1 rings (SSSR count). The van der Waals surface area contributed by atoms with Crippen LogP contribution in [0, 0.1) is 0 Å². The lowest BCUT2D eigenvalue weighted by atomic mass is 10.5. The van der Waals surface area contributed by atoms with Crippen LogP contribution in [0.1, 0.15) is 0 Å². The van der Waals surface area contributed by atoms with Crippen LogP contribution in [0.5, 0.6) is 0 Å². The molecule has 0 aromatic carbocycles. The van der Waals surface area contributed by atoms with Crippen molar-refractivity contribution in [2.75, 3.05) is 33.5 Å². The molecule has 1 aromatic rings. The van der Waals surface area contributed by atoms with Crippen LogP contribution in [-0.2, 0) is 0 Å². The third-order valence-corrected chi connectivity index (χ3v) is 1.55. The Hall–Kier alpha value is -1.16.